The van der Waals surface area contributed by atoms with Crippen molar-refractivity contribution in [3.05, 3.63) is 0 Å². The highest BCUT2D eigenvalue weighted by Crippen LogP contribution is 2.15. The van der Waals surface area contributed by atoms with Crippen LogP contribution in [0, 0.1) is 0 Å². The second kappa shape index (κ2) is 28.4. The third kappa shape index (κ3) is 25.6. The summed E-state index contributed by atoms with van der Waals surface area (Å²) in [6.07, 6.45) is 32.3. The summed E-state index contributed by atoms with van der Waals surface area (Å²) in [5, 5.41) is 0. The molecule has 0 aliphatic carbocycles. The highest BCUT2D eigenvalue weighted by Gasteiger charge is 2.10. The Hall–Kier alpha value is -1.10. The summed E-state index contributed by atoms with van der Waals surface area (Å²) in [4.78, 5) is 26.2. The van der Waals surface area contributed by atoms with Crippen molar-refractivity contribution < 1.29 is 19.1 Å². The Balaban J connectivity index is 1.98. The van der Waals surface area contributed by atoms with Crippen LogP contribution in [0.25, 0.3) is 0 Å². The Bertz CT molecular complexity index is 527. The molecule has 1 heterocycles. The van der Waals surface area contributed by atoms with Crippen LogP contribution in [0.15, 0.2) is 0 Å². The third-order valence-electron chi connectivity index (χ3n) is 8.18. The van der Waals surface area contributed by atoms with Crippen LogP contribution in [0.2, 0.25) is 0 Å². The number of rotatable bonds is 20. The molecule has 5 nitrogen and oxygen atoms in total. The van der Waals surface area contributed by atoms with Crippen molar-refractivity contribution in [3.63, 3.8) is 0 Å². The van der Waals surface area contributed by atoms with Crippen LogP contribution in [0.4, 0.5) is 0 Å². The monoisotopic (exact) mass is 551 g/mol. The molecule has 0 bridgehead atoms. The van der Waals surface area contributed by atoms with Gasteiger partial charge >= 0.3 is 11.9 Å². The first kappa shape index (κ1) is 35.9. The molecule has 1 aliphatic rings. The molecule has 0 saturated carbocycles. The van der Waals surface area contributed by atoms with E-state index in [9.17, 15) is 9.59 Å². The van der Waals surface area contributed by atoms with Crippen LogP contribution < -0.4 is 0 Å². The molecular weight excluding hydrogens is 486 g/mol. The zero-order chi connectivity index (χ0) is 28.1. The van der Waals surface area contributed by atoms with Crippen molar-refractivity contribution >= 4 is 11.9 Å². The van der Waals surface area contributed by atoms with Crippen molar-refractivity contribution in [3.8, 4) is 0 Å². The fraction of sp³-hybridized carbons (Fsp3) is 0.941. The summed E-state index contributed by atoms with van der Waals surface area (Å²) in [5.74, 6) is -0.145. The predicted molar refractivity (Wildman–Crippen MR) is 164 cm³/mol. The quantitative estimate of drug-likeness (QED) is 0.111. The molecule has 1 saturated heterocycles. The Morgan fingerprint density at radius 1 is 0.487 bits per heavy atom. The van der Waals surface area contributed by atoms with Gasteiger partial charge in [-0.15, -0.1) is 0 Å². The smallest absolute Gasteiger partial charge is 0.305 e. The van der Waals surface area contributed by atoms with E-state index in [0.29, 0.717) is 26.1 Å². The van der Waals surface area contributed by atoms with E-state index >= 15 is 0 Å². The number of ether oxygens (including phenoxy) is 2. The second-order valence-electron chi connectivity index (χ2n) is 11.9. The van der Waals surface area contributed by atoms with E-state index in [1.54, 1.807) is 0 Å². The maximum absolute atomic E-state index is 12.0. The lowest BCUT2D eigenvalue weighted by Gasteiger charge is -2.22. The summed E-state index contributed by atoms with van der Waals surface area (Å²) in [6.45, 7) is 5.59. The molecular formula is C34H65NO4. The molecule has 39 heavy (non-hydrogen) atoms. The lowest BCUT2D eigenvalue weighted by molar-refractivity contribution is -0.144. The number of carbonyl (C=O) groups excluding carboxylic acids is 2. The molecule has 0 unspecified atom stereocenters. The lowest BCUT2D eigenvalue weighted by Crippen LogP contribution is -2.33. The van der Waals surface area contributed by atoms with E-state index in [-0.39, 0.29) is 11.9 Å². The summed E-state index contributed by atoms with van der Waals surface area (Å²) in [6, 6.07) is 0. The zero-order valence-electron chi connectivity index (χ0n) is 26.0. The first-order chi connectivity index (χ1) is 19.2. The van der Waals surface area contributed by atoms with Gasteiger partial charge in [-0.3, -0.25) is 14.5 Å². The van der Waals surface area contributed by atoms with E-state index in [0.717, 1.165) is 58.2 Å². The number of nitrogens with zero attached hydrogens (tertiary/aromatic N) is 1. The Kier molecular flexibility index (Phi) is 26.2. The summed E-state index contributed by atoms with van der Waals surface area (Å²) >= 11 is 0. The molecule has 230 valence electrons. The van der Waals surface area contributed by atoms with Gasteiger partial charge in [-0.05, 0) is 25.8 Å². The van der Waals surface area contributed by atoms with Crippen molar-refractivity contribution in [2.24, 2.45) is 0 Å². The molecule has 0 aromatic heterocycles. The first-order valence-electron chi connectivity index (χ1n) is 17.3. The van der Waals surface area contributed by atoms with Crippen LogP contribution in [-0.4, -0.2) is 49.7 Å². The molecule has 5 heteroatoms. The number of carbonyl (C=O) groups is 2. The first-order valence-corrected chi connectivity index (χ1v) is 17.3. The molecule has 0 N–H and O–H groups in total. The van der Waals surface area contributed by atoms with Gasteiger partial charge in [0.25, 0.3) is 0 Å². The van der Waals surface area contributed by atoms with E-state index in [4.69, 9.17) is 9.47 Å². The molecule has 1 rings (SSSR count). The minimum atomic E-state index is -0.0723. The van der Waals surface area contributed by atoms with Gasteiger partial charge < -0.3 is 9.47 Å². The predicted octanol–water partition coefficient (Wildman–Crippen LogP) is 9.55. The van der Waals surface area contributed by atoms with Gasteiger partial charge in [0.15, 0.2) is 0 Å². The standard InChI is InChI=1S/C34H65NO4/c1-2-3-4-5-6-7-8-9-10-11-12-13-14-15-16-17-18-22-25-28-35-29-31-38-33(36)26-23-20-19-21-24-27-34(37)39-32-30-35/h2-32H2,1H3. The maximum Gasteiger partial charge on any atom is 0.305 e. The van der Waals surface area contributed by atoms with Gasteiger partial charge in [0.2, 0.25) is 0 Å². The van der Waals surface area contributed by atoms with Crippen LogP contribution >= 0.6 is 0 Å². The van der Waals surface area contributed by atoms with Gasteiger partial charge in [0.1, 0.15) is 13.2 Å². The van der Waals surface area contributed by atoms with E-state index in [1.807, 2.05) is 0 Å². The molecule has 0 spiro atoms. The van der Waals surface area contributed by atoms with E-state index in [1.165, 1.54) is 116 Å². The third-order valence-corrected chi connectivity index (χ3v) is 8.18. The topological polar surface area (TPSA) is 55.8 Å². The number of esters is 2. The van der Waals surface area contributed by atoms with Crippen LogP contribution in [0.5, 0.6) is 0 Å². The van der Waals surface area contributed by atoms with Gasteiger partial charge in [-0.25, -0.2) is 0 Å². The van der Waals surface area contributed by atoms with Crippen LogP contribution in [0.1, 0.15) is 174 Å². The van der Waals surface area contributed by atoms with Crippen LogP contribution in [0.3, 0.4) is 0 Å². The average Bonchev–Trinajstić information content (AvgIpc) is 2.93. The average molecular weight is 552 g/mol. The Labute approximate surface area is 242 Å². The highest BCUT2D eigenvalue weighted by molar-refractivity contribution is 5.69. The number of cyclic esters (lactones) is 2. The molecule has 0 radical (unpaired) electrons. The summed E-state index contributed by atoms with van der Waals surface area (Å²) < 4.78 is 10.9. The molecule has 0 aromatic carbocycles. The second-order valence-corrected chi connectivity index (χ2v) is 11.9. The number of hydrogen-bond donors (Lipinski definition) is 0. The number of hydrogen-bond acceptors (Lipinski definition) is 5. The lowest BCUT2D eigenvalue weighted by atomic mass is 10.0. The fourth-order valence-corrected chi connectivity index (χ4v) is 5.54. The Morgan fingerprint density at radius 3 is 1.21 bits per heavy atom. The molecule has 1 fully saturated rings. The minimum Gasteiger partial charge on any atom is -0.464 e. The van der Waals surface area contributed by atoms with Crippen molar-refractivity contribution in [2.45, 2.75) is 174 Å². The maximum atomic E-state index is 12.0. The molecule has 1 aliphatic heterocycles. The highest BCUT2D eigenvalue weighted by atomic mass is 16.5. The van der Waals surface area contributed by atoms with Gasteiger partial charge in [0.05, 0.1) is 0 Å². The Morgan fingerprint density at radius 2 is 0.821 bits per heavy atom. The normalized spacial score (nSPS) is 17.2. The van der Waals surface area contributed by atoms with E-state index in [2.05, 4.69) is 11.8 Å². The SMILES string of the molecule is CCCCCCCCCCCCCCCCCCCCCN1CCOC(=O)CCCCCCCC(=O)OCC1. The fourth-order valence-electron chi connectivity index (χ4n) is 5.54. The van der Waals surface area contributed by atoms with Gasteiger partial charge in [-0.2, -0.15) is 0 Å². The van der Waals surface area contributed by atoms with Crippen molar-refractivity contribution in [1.29, 1.82) is 0 Å². The number of unbranched alkanes of at least 4 members (excludes halogenated alkanes) is 18. The summed E-state index contributed by atoms with van der Waals surface area (Å²) in [5.41, 5.74) is 0. The van der Waals surface area contributed by atoms with Gasteiger partial charge in [0, 0.05) is 25.9 Å². The molecule has 0 amide bonds. The minimum absolute atomic E-state index is 0.0723. The largest absolute Gasteiger partial charge is 0.464 e. The molecule has 0 atom stereocenters. The van der Waals surface area contributed by atoms with Gasteiger partial charge in [-0.1, -0.05) is 142 Å². The summed E-state index contributed by atoms with van der Waals surface area (Å²) in [7, 11) is 0. The van der Waals surface area contributed by atoms with Crippen molar-refractivity contribution in [2.75, 3.05) is 32.8 Å². The van der Waals surface area contributed by atoms with E-state index < -0.39 is 0 Å². The van der Waals surface area contributed by atoms with Crippen molar-refractivity contribution in [1.82, 2.24) is 4.90 Å². The van der Waals surface area contributed by atoms with Crippen LogP contribution in [-0.2, 0) is 19.1 Å². The zero-order valence-corrected chi connectivity index (χ0v) is 26.0. The molecule has 0 aromatic rings.